The third-order valence-corrected chi connectivity index (χ3v) is 2.00. The number of nitriles is 1. The number of nitrogens with zero attached hydrogens (tertiary/aromatic N) is 1. The molecule has 0 aromatic carbocycles. The number of methoxy groups -OCH3 is 1. The molecule has 0 aliphatic rings. The molecule has 1 amide bonds. The van der Waals surface area contributed by atoms with E-state index in [4.69, 9.17) is 5.26 Å². The number of nitrogens with one attached hydrogen (secondary N) is 1. The van der Waals surface area contributed by atoms with Crippen molar-refractivity contribution in [2.75, 3.05) is 7.11 Å². The second-order valence-electron chi connectivity index (χ2n) is 3.60. The average Bonchev–Trinajstić information content (AvgIpc) is 2.16. The summed E-state index contributed by atoms with van der Waals surface area (Å²) >= 11 is 0. The number of carbonyl (C=O) groups excluding carboxylic acids is 2. The van der Waals surface area contributed by atoms with Gasteiger partial charge < -0.3 is 10.1 Å². The zero-order valence-corrected chi connectivity index (χ0v) is 9.40. The first kappa shape index (κ1) is 13.4. The number of amides is 1. The second-order valence-corrected chi connectivity index (χ2v) is 3.60. The highest BCUT2D eigenvalue weighted by Crippen LogP contribution is 2.09. The lowest BCUT2D eigenvalue weighted by atomic mass is 9.96. The van der Waals surface area contributed by atoms with Crippen LogP contribution >= 0.6 is 0 Å². The molecule has 0 aromatic rings. The highest BCUT2D eigenvalue weighted by Gasteiger charge is 2.25. The van der Waals surface area contributed by atoms with Gasteiger partial charge in [0.2, 0.25) is 5.91 Å². The number of carbonyl (C=O) groups is 2. The zero-order chi connectivity index (χ0) is 12.0. The molecule has 0 rings (SSSR count). The minimum absolute atomic E-state index is 0.0835. The number of rotatable bonds is 4. The third-order valence-electron chi connectivity index (χ3n) is 2.00. The van der Waals surface area contributed by atoms with Crippen LogP contribution in [0.5, 0.6) is 0 Å². The van der Waals surface area contributed by atoms with E-state index in [1.165, 1.54) is 14.0 Å². The van der Waals surface area contributed by atoms with E-state index in [9.17, 15) is 9.59 Å². The first-order valence-corrected chi connectivity index (χ1v) is 4.71. The highest BCUT2D eigenvalue weighted by molar-refractivity contribution is 5.86. The summed E-state index contributed by atoms with van der Waals surface area (Å²) in [5.74, 6) is -1.79. The van der Waals surface area contributed by atoms with E-state index in [0.29, 0.717) is 0 Å². The molecule has 15 heavy (non-hydrogen) atoms. The fraction of sp³-hybridized carbons (Fsp3) is 0.700. The smallest absolute Gasteiger partial charge is 0.328 e. The Labute approximate surface area is 89.4 Å². The largest absolute Gasteiger partial charge is 0.467 e. The van der Waals surface area contributed by atoms with Crippen molar-refractivity contribution in [1.29, 1.82) is 5.26 Å². The number of esters is 1. The van der Waals surface area contributed by atoms with Gasteiger partial charge in [0.1, 0.15) is 12.0 Å². The van der Waals surface area contributed by atoms with Gasteiger partial charge in [-0.1, -0.05) is 13.8 Å². The molecule has 1 N–H and O–H groups in total. The summed E-state index contributed by atoms with van der Waals surface area (Å²) < 4.78 is 4.45. The molecule has 0 aliphatic carbocycles. The maximum absolute atomic E-state index is 11.5. The van der Waals surface area contributed by atoms with Crippen LogP contribution in [0, 0.1) is 23.2 Å². The van der Waals surface area contributed by atoms with Crippen LogP contribution in [0.15, 0.2) is 0 Å². The Hall–Kier alpha value is -1.57. The average molecular weight is 212 g/mol. The van der Waals surface area contributed by atoms with Crippen LogP contribution in [0.3, 0.4) is 0 Å². The summed E-state index contributed by atoms with van der Waals surface area (Å²) in [6, 6.07) is 1.17. The van der Waals surface area contributed by atoms with Crippen LogP contribution in [0.25, 0.3) is 0 Å². The van der Waals surface area contributed by atoms with Crippen molar-refractivity contribution in [3.8, 4) is 6.07 Å². The Morgan fingerprint density at radius 3 is 2.20 bits per heavy atom. The summed E-state index contributed by atoms with van der Waals surface area (Å²) in [5, 5.41) is 11.2. The quantitative estimate of drug-likeness (QED) is 0.686. The topological polar surface area (TPSA) is 79.2 Å². The zero-order valence-electron chi connectivity index (χ0n) is 9.40. The van der Waals surface area contributed by atoms with E-state index < -0.39 is 23.8 Å². The van der Waals surface area contributed by atoms with Crippen molar-refractivity contribution in [1.82, 2.24) is 5.32 Å². The predicted molar refractivity (Wildman–Crippen MR) is 53.6 cm³/mol. The van der Waals surface area contributed by atoms with Gasteiger partial charge in [0.15, 0.2) is 0 Å². The first-order valence-electron chi connectivity index (χ1n) is 4.71. The standard InChI is InChI=1S/C10H16N2O3/c1-6(2)8(5-11)9(13)12-7(3)10(14)15-4/h6-8H,1-4H3,(H,12,13). The van der Waals surface area contributed by atoms with Crippen LogP contribution in [-0.2, 0) is 14.3 Å². The fourth-order valence-corrected chi connectivity index (χ4v) is 1.05. The number of hydrogen-bond donors (Lipinski definition) is 1. The van der Waals surface area contributed by atoms with Crippen molar-refractivity contribution in [2.45, 2.75) is 26.8 Å². The van der Waals surface area contributed by atoms with E-state index in [2.05, 4.69) is 10.1 Å². The molecule has 0 heterocycles. The fourth-order valence-electron chi connectivity index (χ4n) is 1.05. The molecule has 2 unspecified atom stereocenters. The van der Waals surface area contributed by atoms with Crippen LogP contribution in [0.1, 0.15) is 20.8 Å². The summed E-state index contributed by atoms with van der Waals surface area (Å²) in [6.45, 7) is 5.06. The van der Waals surface area contributed by atoms with Crippen LogP contribution in [0.4, 0.5) is 0 Å². The van der Waals surface area contributed by atoms with E-state index in [1.807, 2.05) is 6.07 Å². The molecule has 0 saturated heterocycles. The monoisotopic (exact) mass is 212 g/mol. The van der Waals surface area contributed by atoms with Gasteiger partial charge in [0.25, 0.3) is 0 Å². The molecule has 0 aromatic heterocycles. The predicted octanol–water partition coefficient (Wildman–Crippen LogP) is 0.460. The van der Waals surface area contributed by atoms with Crippen molar-refractivity contribution >= 4 is 11.9 Å². The van der Waals surface area contributed by atoms with Crippen molar-refractivity contribution < 1.29 is 14.3 Å². The Balaban J connectivity index is 4.36. The Bertz CT molecular complexity index is 281. The van der Waals surface area contributed by atoms with Crippen LogP contribution < -0.4 is 5.32 Å². The van der Waals surface area contributed by atoms with E-state index in [1.54, 1.807) is 13.8 Å². The molecule has 0 bridgehead atoms. The molecular formula is C10H16N2O3. The van der Waals surface area contributed by atoms with Crippen LogP contribution in [-0.4, -0.2) is 25.0 Å². The Kier molecular flexibility index (Phi) is 5.39. The number of hydrogen-bond acceptors (Lipinski definition) is 4. The molecule has 0 spiro atoms. The third kappa shape index (κ3) is 3.98. The molecule has 0 aliphatic heterocycles. The lowest BCUT2D eigenvalue weighted by Crippen LogP contribution is -2.43. The van der Waals surface area contributed by atoms with Gasteiger partial charge in [-0.15, -0.1) is 0 Å². The lowest BCUT2D eigenvalue weighted by Gasteiger charge is -2.16. The van der Waals surface area contributed by atoms with Crippen molar-refractivity contribution in [3.05, 3.63) is 0 Å². The minimum atomic E-state index is -0.739. The second kappa shape index (κ2) is 6.02. The number of ether oxygens (including phenoxy) is 1. The van der Waals surface area contributed by atoms with Crippen molar-refractivity contribution in [2.24, 2.45) is 11.8 Å². The first-order chi connectivity index (χ1) is 6.93. The van der Waals surface area contributed by atoms with Gasteiger partial charge in [-0.3, -0.25) is 4.79 Å². The van der Waals surface area contributed by atoms with Gasteiger partial charge >= 0.3 is 5.97 Å². The SMILES string of the molecule is COC(=O)C(C)NC(=O)C(C#N)C(C)C. The van der Waals surface area contributed by atoms with E-state index in [-0.39, 0.29) is 5.92 Å². The Morgan fingerprint density at radius 2 is 1.87 bits per heavy atom. The highest BCUT2D eigenvalue weighted by atomic mass is 16.5. The van der Waals surface area contributed by atoms with E-state index >= 15 is 0 Å². The van der Waals surface area contributed by atoms with Gasteiger partial charge in [0, 0.05) is 0 Å². The summed E-state index contributed by atoms with van der Waals surface area (Å²) in [6.07, 6.45) is 0. The maximum Gasteiger partial charge on any atom is 0.328 e. The summed E-state index contributed by atoms with van der Waals surface area (Å²) in [7, 11) is 1.25. The molecule has 2 atom stereocenters. The van der Waals surface area contributed by atoms with Crippen molar-refractivity contribution in [3.63, 3.8) is 0 Å². The molecular weight excluding hydrogens is 196 g/mol. The van der Waals surface area contributed by atoms with Gasteiger partial charge in [-0.25, -0.2) is 4.79 Å². The van der Waals surface area contributed by atoms with Gasteiger partial charge in [0.05, 0.1) is 13.2 Å². The maximum atomic E-state index is 11.5. The Morgan fingerprint density at radius 1 is 1.33 bits per heavy atom. The molecule has 0 saturated carbocycles. The molecule has 0 fully saturated rings. The molecule has 5 heteroatoms. The summed E-state index contributed by atoms with van der Waals surface area (Å²) in [4.78, 5) is 22.5. The lowest BCUT2D eigenvalue weighted by molar-refractivity contribution is -0.145. The molecule has 0 radical (unpaired) electrons. The molecule has 84 valence electrons. The normalized spacial score (nSPS) is 13.9. The van der Waals surface area contributed by atoms with Gasteiger partial charge in [-0.2, -0.15) is 5.26 Å². The van der Waals surface area contributed by atoms with Crippen LogP contribution in [0.2, 0.25) is 0 Å². The molecule has 5 nitrogen and oxygen atoms in total. The van der Waals surface area contributed by atoms with E-state index in [0.717, 1.165) is 0 Å². The summed E-state index contributed by atoms with van der Waals surface area (Å²) in [5.41, 5.74) is 0. The minimum Gasteiger partial charge on any atom is -0.467 e. The van der Waals surface area contributed by atoms with Gasteiger partial charge in [-0.05, 0) is 12.8 Å².